The summed E-state index contributed by atoms with van der Waals surface area (Å²) in [5, 5.41) is 0. The molecule has 0 spiro atoms. The fourth-order valence-electron chi connectivity index (χ4n) is 2.60. The maximum atomic E-state index is 5.42. The van der Waals surface area contributed by atoms with Crippen molar-refractivity contribution in [1.82, 2.24) is 0 Å². The van der Waals surface area contributed by atoms with Crippen LogP contribution in [0, 0.1) is 0 Å². The van der Waals surface area contributed by atoms with Crippen LogP contribution in [0.2, 0.25) is 0 Å². The van der Waals surface area contributed by atoms with Crippen LogP contribution < -0.4 is 0 Å². The lowest BCUT2D eigenvalue weighted by molar-refractivity contribution is -0.0528. The van der Waals surface area contributed by atoms with Gasteiger partial charge in [0.25, 0.3) is 0 Å². The van der Waals surface area contributed by atoms with E-state index in [0.29, 0.717) is 6.79 Å². The third kappa shape index (κ3) is 23.4. The molecule has 0 rings (SSSR count). The van der Waals surface area contributed by atoms with E-state index in [1.165, 1.54) is 77.0 Å². The number of allylic oxidation sites excluding steroid dienone is 3. The molecule has 0 unspecified atom stereocenters. The summed E-state index contributed by atoms with van der Waals surface area (Å²) < 4.78 is 10.8. The normalized spacial score (nSPS) is 11.9. The van der Waals surface area contributed by atoms with Crippen LogP contribution in [0.15, 0.2) is 24.3 Å². The lowest BCUT2D eigenvalue weighted by Gasteiger charge is -2.03. The lowest BCUT2D eigenvalue weighted by Crippen LogP contribution is -2.02. The summed E-state index contributed by atoms with van der Waals surface area (Å²) in [5.74, 6) is 0. The van der Waals surface area contributed by atoms with E-state index in [2.05, 4.69) is 38.2 Å². The van der Waals surface area contributed by atoms with E-state index in [-0.39, 0.29) is 0 Å². The van der Waals surface area contributed by atoms with E-state index in [9.17, 15) is 0 Å². The van der Waals surface area contributed by atoms with E-state index in [4.69, 9.17) is 9.47 Å². The van der Waals surface area contributed by atoms with Crippen molar-refractivity contribution in [3.05, 3.63) is 24.3 Å². The van der Waals surface area contributed by atoms with Gasteiger partial charge in [-0.3, -0.25) is 0 Å². The zero-order chi connectivity index (χ0) is 18.3. The topological polar surface area (TPSA) is 18.5 Å². The molecule has 2 nitrogen and oxygen atoms in total. The van der Waals surface area contributed by atoms with Crippen LogP contribution in [0.5, 0.6) is 0 Å². The van der Waals surface area contributed by atoms with Gasteiger partial charge in [0, 0.05) is 6.61 Å². The molecule has 0 N–H and O–H groups in total. The van der Waals surface area contributed by atoms with Crippen molar-refractivity contribution in [2.75, 3.05) is 20.0 Å². The van der Waals surface area contributed by atoms with Gasteiger partial charge in [-0.25, -0.2) is 0 Å². The van der Waals surface area contributed by atoms with Gasteiger partial charge in [0.1, 0.15) is 6.79 Å². The summed E-state index contributed by atoms with van der Waals surface area (Å²) in [4.78, 5) is 0. The zero-order valence-electron chi connectivity index (χ0n) is 17.1. The second-order valence-corrected chi connectivity index (χ2v) is 6.86. The third-order valence-electron chi connectivity index (χ3n) is 4.29. The van der Waals surface area contributed by atoms with Crippen molar-refractivity contribution in [2.24, 2.45) is 0 Å². The summed E-state index contributed by atoms with van der Waals surface area (Å²) in [6, 6.07) is 0. The molecule has 0 fully saturated rings. The second kappa shape index (κ2) is 23.4. The molecule has 0 aliphatic carbocycles. The largest absolute Gasteiger partial charge is 0.355 e. The summed E-state index contributed by atoms with van der Waals surface area (Å²) in [5.41, 5.74) is 0. The molecule has 25 heavy (non-hydrogen) atoms. The molecule has 0 aliphatic rings. The molecule has 2 heteroatoms. The quantitative estimate of drug-likeness (QED) is 0.128. The molecule has 0 saturated carbocycles. The van der Waals surface area contributed by atoms with Crippen LogP contribution in [0.4, 0.5) is 0 Å². The van der Waals surface area contributed by atoms with E-state index in [1.54, 1.807) is 0 Å². The van der Waals surface area contributed by atoms with Crippen molar-refractivity contribution in [3.8, 4) is 0 Å². The first-order valence-corrected chi connectivity index (χ1v) is 10.9. The van der Waals surface area contributed by atoms with Gasteiger partial charge in [-0.05, 0) is 44.9 Å². The molecular weight excluding hydrogens is 308 g/mol. The number of hydrogen-bond acceptors (Lipinski definition) is 2. The van der Waals surface area contributed by atoms with E-state index >= 15 is 0 Å². The standard InChI is InChI=1S/C23H44O2/c1-3-5-7-8-9-10-11-12-13-14-15-16-17-18-19-20-22-25-23-24-21-6-4-2/h8-9,18-19H,3-7,10-17,20-23H2,1-2H3/b9-8-,19-18+. The average molecular weight is 353 g/mol. The van der Waals surface area contributed by atoms with Gasteiger partial charge in [-0.1, -0.05) is 83.1 Å². The highest BCUT2D eigenvalue weighted by molar-refractivity contribution is 4.82. The first-order valence-electron chi connectivity index (χ1n) is 10.9. The summed E-state index contributed by atoms with van der Waals surface area (Å²) in [6.07, 6.45) is 27.3. The monoisotopic (exact) mass is 352 g/mol. The summed E-state index contributed by atoms with van der Waals surface area (Å²) >= 11 is 0. The SMILES string of the molecule is CCCC/C=C\CCCCCCCC/C=C/CCOCOCCCC. The number of rotatable bonds is 20. The Labute approximate surface area is 158 Å². The molecule has 0 saturated heterocycles. The zero-order valence-corrected chi connectivity index (χ0v) is 17.1. The van der Waals surface area contributed by atoms with Gasteiger partial charge in [-0.2, -0.15) is 0 Å². The Balaban J connectivity index is 3.09. The lowest BCUT2D eigenvalue weighted by atomic mass is 10.1. The summed E-state index contributed by atoms with van der Waals surface area (Å²) in [6.45, 7) is 6.47. The molecule has 148 valence electrons. The predicted octanol–water partition coefficient (Wildman–Crippen LogP) is 7.59. The van der Waals surface area contributed by atoms with Crippen LogP contribution in [0.3, 0.4) is 0 Å². The van der Waals surface area contributed by atoms with Crippen molar-refractivity contribution >= 4 is 0 Å². The van der Waals surface area contributed by atoms with Gasteiger partial charge in [0.2, 0.25) is 0 Å². The van der Waals surface area contributed by atoms with Crippen LogP contribution in [0.25, 0.3) is 0 Å². The maximum Gasteiger partial charge on any atom is 0.146 e. The van der Waals surface area contributed by atoms with Crippen molar-refractivity contribution in [1.29, 1.82) is 0 Å². The van der Waals surface area contributed by atoms with Crippen molar-refractivity contribution in [2.45, 2.75) is 104 Å². The number of hydrogen-bond donors (Lipinski definition) is 0. The van der Waals surface area contributed by atoms with Crippen LogP contribution >= 0.6 is 0 Å². The fraction of sp³-hybridized carbons (Fsp3) is 0.826. The first kappa shape index (κ1) is 24.4. The highest BCUT2D eigenvalue weighted by Crippen LogP contribution is 2.09. The highest BCUT2D eigenvalue weighted by Gasteiger charge is 1.91. The maximum absolute atomic E-state index is 5.42. The van der Waals surface area contributed by atoms with Crippen molar-refractivity contribution < 1.29 is 9.47 Å². The average Bonchev–Trinajstić information content (AvgIpc) is 2.63. The fourth-order valence-corrected chi connectivity index (χ4v) is 2.60. The summed E-state index contributed by atoms with van der Waals surface area (Å²) in [7, 11) is 0. The van der Waals surface area contributed by atoms with Gasteiger partial charge in [-0.15, -0.1) is 0 Å². The van der Waals surface area contributed by atoms with E-state index in [0.717, 1.165) is 26.1 Å². The van der Waals surface area contributed by atoms with Gasteiger partial charge in [0.15, 0.2) is 0 Å². The molecule has 0 radical (unpaired) electrons. The Hall–Kier alpha value is -0.600. The molecule has 0 amide bonds. The van der Waals surface area contributed by atoms with Crippen LogP contribution in [0.1, 0.15) is 104 Å². The van der Waals surface area contributed by atoms with Gasteiger partial charge in [0.05, 0.1) is 6.61 Å². The molecule has 0 aromatic heterocycles. The molecule has 0 aromatic rings. The minimum absolute atomic E-state index is 0.447. The van der Waals surface area contributed by atoms with Gasteiger partial charge >= 0.3 is 0 Å². The van der Waals surface area contributed by atoms with Crippen LogP contribution in [-0.4, -0.2) is 20.0 Å². The molecule has 0 atom stereocenters. The third-order valence-corrected chi connectivity index (χ3v) is 4.29. The van der Waals surface area contributed by atoms with Crippen LogP contribution in [-0.2, 0) is 9.47 Å². The molecule has 0 aliphatic heterocycles. The Morgan fingerprint density at radius 1 is 0.480 bits per heavy atom. The molecule has 0 bridgehead atoms. The smallest absolute Gasteiger partial charge is 0.146 e. The number of ether oxygens (including phenoxy) is 2. The molecule has 0 heterocycles. The highest BCUT2D eigenvalue weighted by atomic mass is 16.7. The minimum atomic E-state index is 0.447. The van der Waals surface area contributed by atoms with Crippen molar-refractivity contribution in [3.63, 3.8) is 0 Å². The second-order valence-electron chi connectivity index (χ2n) is 6.86. The Morgan fingerprint density at radius 2 is 0.960 bits per heavy atom. The minimum Gasteiger partial charge on any atom is -0.355 e. The Bertz CT molecular complexity index is 284. The molecule has 0 aromatic carbocycles. The Morgan fingerprint density at radius 3 is 1.56 bits per heavy atom. The predicted molar refractivity (Wildman–Crippen MR) is 111 cm³/mol. The molecular formula is C23H44O2. The van der Waals surface area contributed by atoms with E-state index in [1.807, 2.05) is 0 Å². The van der Waals surface area contributed by atoms with E-state index < -0.39 is 0 Å². The first-order chi connectivity index (χ1) is 12.4. The van der Waals surface area contributed by atoms with Gasteiger partial charge < -0.3 is 9.47 Å². The number of unbranched alkanes of at least 4 members (excludes halogenated alkanes) is 10. The Kier molecular flexibility index (Phi) is 22.8.